The van der Waals surface area contributed by atoms with E-state index in [1.54, 1.807) is 0 Å². The highest BCUT2D eigenvalue weighted by molar-refractivity contribution is 5.76. The van der Waals surface area contributed by atoms with Gasteiger partial charge in [-0.25, -0.2) is 0 Å². The van der Waals surface area contributed by atoms with Gasteiger partial charge in [-0.2, -0.15) is 0 Å². The summed E-state index contributed by atoms with van der Waals surface area (Å²) in [5.41, 5.74) is 6.02. The molecule has 1 atom stereocenters. The molecule has 1 amide bonds. The highest BCUT2D eigenvalue weighted by Crippen LogP contribution is 2.32. The van der Waals surface area contributed by atoms with Crippen LogP contribution in [-0.4, -0.2) is 56.4 Å². The Hall–Kier alpha value is -0.650. The fourth-order valence-electron chi connectivity index (χ4n) is 2.02. The van der Waals surface area contributed by atoms with Gasteiger partial charge in [-0.3, -0.25) is 4.79 Å². The summed E-state index contributed by atoms with van der Waals surface area (Å²) in [6.07, 6.45) is 2.79. The van der Waals surface area contributed by atoms with Crippen LogP contribution in [0.25, 0.3) is 0 Å². The van der Waals surface area contributed by atoms with Gasteiger partial charge in [0.05, 0.1) is 13.2 Å². The number of hydrogen-bond acceptors (Lipinski definition) is 4. The summed E-state index contributed by atoms with van der Waals surface area (Å²) in [5.74, 6) is 0.684. The zero-order chi connectivity index (χ0) is 14.1. The number of ether oxygens (including phenoxy) is 2. The number of rotatable bonds is 11. The van der Waals surface area contributed by atoms with Crippen molar-refractivity contribution in [3.05, 3.63) is 0 Å². The number of carbonyl (C=O) groups is 1. The maximum Gasteiger partial charge on any atom is 0.224 e. The van der Waals surface area contributed by atoms with E-state index in [9.17, 15) is 4.79 Å². The van der Waals surface area contributed by atoms with E-state index >= 15 is 0 Å². The maximum absolute atomic E-state index is 12.2. The molecule has 1 aliphatic rings. The Bertz CT molecular complexity index is 247. The molecule has 0 aromatic carbocycles. The monoisotopic (exact) mass is 272 g/mol. The molecule has 0 aliphatic heterocycles. The Morgan fingerprint density at radius 3 is 2.16 bits per heavy atom. The first-order chi connectivity index (χ1) is 9.19. The van der Waals surface area contributed by atoms with Crippen molar-refractivity contribution >= 4 is 5.91 Å². The van der Waals surface area contributed by atoms with Gasteiger partial charge in [0.25, 0.3) is 0 Å². The quantitative estimate of drug-likeness (QED) is 0.570. The van der Waals surface area contributed by atoms with Crippen LogP contribution in [0.1, 0.15) is 33.1 Å². The lowest BCUT2D eigenvalue weighted by Crippen LogP contribution is -2.40. The molecule has 0 aromatic heterocycles. The molecule has 5 nitrogen and oxygen atoms in total. The minimum absolute atomic E-state index is 0.0224. The zero-order valence-corrected chi connectivity index (χ0v) is 12.3. The highest BCUT2D eigenvalue weighted by Gasteiger charge is 2.30. The van der Waals surface area contributed by atoms with Gasteiger partial charge in [-0.15, -0.1) is 0 Å². The molecule has 1 unspecified atom stereocenters. The first kappa shape index (κ1) is 16.4. The Kier molecular flexibility index (Phi) is 8.02. The Morgan fingerprint density at radius 2 is 1.74 bits per heavy atom. The molecule has 0 spiro atoms. The summed E-state index contributed by atoms with van der Waals surface area (Å²) >= 11 is 0. The molecular formula is C14H28N2O3. The Balaban J connectivity index is 2.32. The first-order valence-corrected chi connectivity index (χ1v) is 7.37. The van der Waals surface area contributed by atoms with Crippen LogP contribution in [0.2, 0.25) is 0 Å². The zero-order valence-electron chi connectivity index (χ0n) is 12.3. The minimum Gasteiger partial charge on any atom is -0.380 e. The van der Waals surface area contributed by atoms with Crippen LogP contribution in [0.5, 0.6) is 0 Å². The lowest BCUT2D eigenvalue weighted by Gasteiger charge is -2.24. The highest BCUT2D eigenvalue weighted by atomic mass is 16.5. The van der Waals surface area contributed by atoms with E-state index in [2.05, 4.69) is 0 Å². The van der Waals surface area contributed by atoms with Crippen LogP contribution in [-0.2, 0) is 14.3 Å². The largest absolute Gasteiger partial charge is 0.380 e. The Labute approximate surface area is 116 Å². The third kappa shape index (κ3) is 6.89. The second-order valence-corrected chi connectivity index (χ2v) is 4.98. The van der Waals surface area contributed by atoms with Crippen molar-refractivity contribution in [3.63, 3.8) is 0 Å². The fraction of sp³-hybridized carbons (Fsp3) is 0.929. The van der Waals surface area contributed by atoms with Gasteiger partial charge in [-0.1, -0.05) is 0 Å². The molecule has 112 valence electrons. The molecule has 19 heavy (non-hydrogen) atoms. The molecule has 5 heteroatoms. The van der Waals surface area contributed by atoms with Gasteiger partial charge in [0.1, 0.15) is 0 Å². The molecule has 2 N–H and O–H groups in total. The summed E-state index contributed by atoms with van der Waals surface area (Å²) in [5, 5.41) is 0. The Morgan fingerprint density at radius 1 is 1.21 bits per heavy atom. The van der Waals surface area contributed by atoms with Crippen LogP contribution in [0.15, 0.2) is 0 Å². The normalized spacial score (nSPS) is 16.4. The van der Waals surface area contributed by atoms with E-state index < -0.39 is 0 Å². The molecule has 0 bridgehead atoms. The van der Waals surface area contributed by atoms with E-state index in [0.29, 0.717) is 51.9 Å². The lowest BCUT2D eigenvalue weighted by molar-refractivity contribution is -0.133. The van der Waals surface area contributed by atoms with Gasteiger partial charge in [-0.05, 0) is 32.6 Å². The molecule has 1 rings (SSSR count). The van der Waals surface area contributed by atoms with Crippen LogP contribution in [0.3, 0.4) is 0 Å². The molecule has 0 saturated heterocycles. The minimum atomic E-state index is 0.0224. The average Bonchev–Trinajstić information content (AvgIpc) is 3.21. The summed E-state index contributed by atoms with van der Waals surface area (Å²) in [6.45, 7) is 7.66. The van der Waals surface area contributed by atoms with Crippen LogP contribution in [0, 0.1) is 5.92 Å². The van der Waals surface area contributed by atoms with Gasteiger partial charge in [0.2, 0.25) is 5.91 Å². The van der Waals surface area contributed by atoms with Gasteiger partial charge in [0, 0.05) is 38.8 Å². The first-order valence-electron chi connectivity index (χ1n) is 7.37. The summed E-state index contributed by atoms with van der Waals surface area (Å²) in [6, 6.07) is 0.0224. The SMILES string of the molecule is CCOCCN(CCOCC)C(=O)CC(N)C1CC1. The predicted molar refractivity (Wildman–Crippen MR) is 74.9 cm³/mol. The van der Waals surface area contributed by atoms with Crippen molar-refractivity contribution in [3.8, 4) is 0 Å². The summed E-state index contributed by atoms with van der Waals surface area (Å²) < 4.78 is 10.6. The van der Waals surface area contributed by atoms with Crippen molar-refractivity contribution in [1.29, 1.82) is 0 Å². The van der Waals surface area contributed by atoms with E-state index in [0.717, 1.165) is 0 Å². The molecule has 1 aliphatic carbocycles. The standard InChI is InChI=1S/C14H28N2O3/c1-3-18-9-7-16(8-10-19-4-2)14(17)11-13(15)12-5-6-12/h12-13H,3-11,15H2,1-2H3. The van der Waals surface area contributed by atoms with Crippen LogP contribution in [0.4, 0.5) is 0 Å². The van der Waals surface area contributed by atoms with E-state index in [1.807, 2.05) is 18.7 Å². The van der Waals surface area contributed by atoms with Crippen molar-refractivity contribution in [2.45, 2.75) is 39.2 Å². The molecule has 0 heterocycles. The second-order valence-electron chi connectivity index (χ2n) is 4.98. The number of hydrogen-bond donors (Lipinski definition) is 1. The number of carbonyl (C=O) groups excluding carboxylic acids is 1. The molecule has 0 radical (unpaired) electrons. The number of nitrogens with two attached hydrogens (primary N) is 1. The van der Waals surface area contributed by atoms with Crippen molar-refractivity contribution < 1.29 is 14.3 Å². The third-order valence-electron chi connectivity index (χ3n) is 3.41. The van der Waals surface area contributed by atoms with E-state index in [1.165, 1.54) is 12.8 Å². The fourth-order valence-corrected chi connectivity index (χ4v) is 2.02. The summed E-state index contributed by atoms with van der Waals surface area (Å²) in [4.78, 5) is 14.0. The number of amides is 1. The second kappa shape index (κ2) is 9.28. The van der Waals surface area contributed by atoms with Crippen LogP contribution < -0.4 is 5.73 Å². The topological polar surface area (TPSA) is 64.8 Å². The lowest BCUT2D eigenvalue weighted by atomic mass is 10.1. The van der Waals surface area contributed by atoms with Crippen molar-refractivity contribution in [1.82, 2.24) is 4.90 Å². The van der Waals surface area contributed by atoms with Crippen molar-refractivity contribution in [2.24, 2.45) is 11.7 Å². The summed E-state index contributed by atoms with van der Waals surface area (Å²) in [7, 11) is 0. The van der Waals surface area contributed by atoms with Crippen molar-refractivity contribution in [2.75, 3.05) is 39.5 Å². The van der Waals surface area contributed by atoms with Gasteiger partial charge >= 0.3 is 0 Å². The van der Waals surface area contributed by atoms with E-state index in [-0.39, 0.29) is 11.9 Å². The van der Waals surface area contributed by atoms with E-state index in [4.69, 9.17) is 15.2 Å². The smallest absolute Gasteiger partial charge is 0.224 e. The van der Waals surface area contributed by atoms with Gasteiger partial charge < -0.3 is 20.1 Å². The molecular weight excluding hydrogens is 244 g/mol. The van der Waals surface area contributed by atoms with Crippen LogP contribution >= 0.6 is 0 Å². The molecule has 1 saturated carbocycles. The predicted octanol–water partition coefficient (Wildman–Crippen LogP) is 1.02. The maximum atomic E-state index is 12.2. The average molecular weight is 272 g/mol. The molecule has 1 fully saturated rings. The third-order valence-corrected chi connectivity index (χ3v) is 3.41. The van der Waals surface area contributed by atoms with Gasteiger partial charge in [0.15, 0.2) is 0 Å². The number of nitrogens with zero attached hydrogens (tertiary/aromatic N) is 1. The molecule has 0 aromatic rings.